The minimum atomic E-state index is -0.249. The zero-order valence-electron chi connectivity index (χ0n) is 16.1. The molecule has 0 radical (unpaired) electrons. The molecule has 0 fully saturated rings. The molecule has 0 aliphatic carbocycles. The average molecular weight is 369 g/mol. The van der Waals surface area contributed by atoms with Crippen LogP contribution in [0.25, 0.3) is 0 Å². The molecule has 0 bridgehead atoms. The summed E-state index contributed by atoms with van der Waals surface area (Å²) in [7, 11) is 3.36. The molecule has 144 valence electrons. The number of amides is 3. The lowest BCUT2D eigenvalue weighted by Crippen LogP contribution is -2.32. The Labute approximate surface area is 160 Å². The van der Waals surface area contributed by atoms with E-state index in [0.717, 1.165) is 6.42 Å². The normalized spacial score (nSPS) is 11.4. The van der Waals surface area contributed by atoms with E-state index in [2.05, 4.69) is 29.7 Å². The largest absolute Gasteiger partial charge is 0.484 e. The van der Waals surface area contributed by atoms with E-state index in [4.69, 9.17) is 4.74 Å². The first-order chi connectivity index (χ1) is 13.0. The number of urea groups is 1. The zero-order valence-corrected chi connectivity index (χ0v) is 16.1. The molecule has 0 unspecified atom stereocenters. The second-order valence-electron chi connectivity index (χ2n) is 6.45. The van der Waals surface area contributed by atoms with Crippen molar-refractivity contribution in [2.24, 2.45) is 0 Å². The Kier molecular flexibility index (Phi) is 7.67. The Balaban J connectivity index is 1.80. The molecule has 2 aromatic carbocycles. The third kappa shape index (κ3) is 6.66. The van der Waals surface area contributed by atoms with Gasteiger partial charge in [0.15, 0.2) is 6.61 Å². The van der Waals surface area contributed by atoms with Crippen LogP contribution < -0.4 is 15.4 Å². The molecule has 0 aromatic heterocycles. The topological polar surface area (TPSA) is 70.7 Å². The van der Waals surface area contributed by atoms with E-state index in [-0.39, 0.29) is 24.5 Å². The van der Waals surface area contributed by atoms with Gasteiger partial charge in [-0.05, 0) is 36.2 Å². The van der Waals surface area contributed by atoms with Crippen LogP contribution in [0, 0.1) is 0 Å². The molecule has 0 aliphatic rings. The van der Waals surface area contributed by atoms with Gasteiger partial charge in [0.25, 0.3) is 5.91 Å². The summed E-state index contributed by atoms with van der Waals surface area (Å²) < 4.78 is 5.41. The molecular formula is C21H27N3O3. The second-order valence-corrected chi connectivity index (χ2v) is 6.45. The lowest BCUT2D eigenvalue weighted by atomic mass is 9.97. The van der Waals surface area contributed by atoms with Gasteiger partial charge in [-0.1, -0.05) is 37.3 Å². The Morgan fingerprint density at radius 2 is 1.70 bits per heavy atom. The van der Waals surface area contributed by atoms with E-state index in [1.54, 1.807) is 38.4 Å². The Bertz CT molecular complexity index is 730. The summed E-state index contributed by atoms with van der Waals surface area (Å²) in [6.45, 7) is 2.66. The maximum Gasteiger partial charge on any atom is 0.319 e. The molecule has 6 heteroatoms. The molecule has 0 saturated heterocycles. The highest BCUT2D eigenvalue weighted by molar-refractivity contribution is 5.89. The first-order valence-electron chi connectivity index (χ1n) is 9.02. The smallest absolute Gasteiger partial charge is 0.319 e. The summed E-state index contributed by atoms with van der Waals surface area (Å²) in [6, 6.07) is 16.8. The average Bonchev–Trinajstić information content (AvgIpc) is 2.68. The first kappa shape index (κ1) is 20.3. The van der Waals surface area contributed by atoms with E-state index < -0.39 is 0 Å². The summed E-state index contributed by atoms with van der Waals surface area (Å²) in [6.07, 6.45) is 0.946. The Morgan fingerprint density at radius 3 is 2.30 bits per heavy atom. The zero-order chi connectivity index (χ0) is 19.6. The maximum absolute atomic E-state index is 12.1. The molecule has 6 nitrogen and oxygen atoms in total. The van der Waals surface area contributed by atoms with Crippen LogP contribution in [0.1, 0.15) is 24.8 Å². The van der Waals surface area contributed by atoms with Crippen LogP contribution in [0.15, 0.2) is 54.6 Å². The van der Waals surface area contributed by atoms with Crippen molar-refractivity contribution in [3.63, 3.8) is 0 Å². The molecule has 0 saturated carbocycles. The van der Waals surface area contributed by atoms with Gasteiger partial charge < -0.3 is 20.3 Å². The lowest BCUT2D eigenvalue weighted by molar-refractivity contribution is -0.130. The van der Waals surface area contributed by atoms with Crippen molar-refractivity contribution >= 4 is 17.6 Å². The van der Waals surface area contributed by atoms with Crippen molar-refractivity contribution in [1.29, 1.82) is 0 Å². The summed E-state index contributed by atoms with van der Waals surface area (Å²) >= 11 is 0. The fraction of sp³-hybridized carbons (Fsp3) is 0.333. The predicted octanol–water partition coefficient (Wildman–Crippen LogP) is 3.47. The van der Waals surface area contributed by atoms with E-state index in [1.165, 1.54) is 10.5 Å². The molecule has 3 amide bonds. The van der Waals surface area contributed by atoms with Gasteiger partial charge in [-0.3, -0.25) is 4.79 Å². The van der Waals surface area contributed by atoms with Gasteiger partial charge in [-0.25, -0.2) is 4.79 Å². The molecule has 27 heavy (non-hydrogen) atoms. The summed E-state index contributed by atoms with van der Waals surface area (Å²) in [5.41, 5.74) is 1.88. The van der Waals surface area contributed by atoms with Gasteiger partial charge in [0.05, 0.1) is 0 Å². The van der Waals surface area contributed by atoms with Crippen LogP contribution in [0.2, 0.25) is 0 Å². The van der Waals surface area contributed by atoms with Crippen molar-refractivity contribution in [3.8, 4) is 5.75 Å². The number of hydrogen-bond acceptors (Lipinski definition) is 3. The van der Waals surface area contributed by atoms with Crippen LogP contribution in [0.5, 0.6) is 5.75 Å². The number of hydrogen-bond donors (Lipinski definition) is 2. The third-order valence-corrected chi connectivity index (χ3v) is 4.25. The summed E-state index contributed by atoms with van der Waals surface area (Å²) in [5.74, 6) is 0.744. The second kappa shape index (κ2) is 10.2. The fourth-order valence-corrected chi connectivity index (χ4v) is 2.52. The fourth-order valence-electron chi connectivity index (χ4n) is 2.52. The van der Waals surface area contributed by atoms with Gasteiger partial charge in [-0.2, -0.15) is 0 Å². The molecule has 2 aromatic rings. The van der Waals surface area contributed by atoms with Gasteiger partial charge in [0.1, 0.15) is 5.75 Å². The monoisotopic (exact) mass is 369 g/mol. The number of nitrogens with one attached hydrogen (secondary N) is 2. The van der Waals surface area contributed by atoms with E-state index in [9.17, 15) is 9.59 Å². The van der Waals surface area contributed by atoms with Crippen LogP contribution in [-0.2, 0) is 4.79 Å². The SMILES string of the molecule is CC[C@H](CNC(=O)Nc1ccc(OCC(=O)N(C)C)cc1)c1ccccc1. The predicted molar refractivity (Wildman–Crippen MR) is 107 cm³/mol. The van der Waals surface area contributed by atoms with Crippen molar-refractivity contribution in [2.45, 2.75) is 19.3 Å². The highest BCUT2D eigenvalue weighted by Crippen LogP contribution is 2.18. The highest BCUT2D eigenvalue weighted by Gasteiger charge is 2.11. The quantitative estimate of drug-likeness (QED) is 0.748. The van der Waals surface area contributed by atoms with Gasteiger partial charge in [0, 0.05) is 32.2 Å². The van der Waals surface area contributed by atoms with E-state index in [0.29, 0.717) is 18.0 Å². The Morgan fingerprint density at radius 1 is 1.04 bits per heavy atom. The van der Waals surface area contributed by atoms with Crippen LogP contribution in [0.4, 0.5) is 10.5 Å². The van der Waals surface area contributed by atoms with Crippen molar-refractivity contribution in [1.82, 2.24) is 10.2 Å². The number of nitrogens with zero attached hydrogens (tertiary/aromatic N) is 1. The van der Waals surface area contributed by atoms with Crippen molar-refractivity contribution < 1.29 is 14.3 Å². The maximum atomic E-state index is 12.1. The highest BCUT2D eigenvalue weighted by atomic mass is 16.5. The van der Waals surface area contributed by atoms with Gasteiger partial charge >= 0.3 is 6.03 Å². The Hall–Kier alpha value is -3.02. The number of likely N-dealkylation sites (N-methyl/N-ethyl adjacent to an activating group) is 1. The van der Waals surface area contributed by atoms with Crippen molar-refractivity contribution in [3.05, 3.63) is 60.2 Å². The van der Waals surface area contributed by atoms with Crippen LogP contribution in [-0.4, -0.2) is 44.1 Å². The lowest BCUT2D eigenvalue weighted by Gasteiger charge is -2.16. The molecule has 1 atom stereocenters. The van der Waals surface area contributed by atoms with Gasteiger partial charge in [0.2, 0.25) is 0 Å². The first-order valence-corrected chi connectivity index (χ1v) is 9.02. The van der Waals surface area contributed by atoms with E-state index in [1.807, 2.05) is 18.2 Å². The number of carbonyl (C=O) groups excluding carboxylic acids is 2. The molecule has 2 N–H and O–H groups in total. The standard InChI is InChI=1S/C21H27N3O3/c1-4-16(17-8-6-5-7-9-17)14-22-21(26)23-18-10-12-19(13-11-18)27-15-20(25)24(2)3/h5-13,16H,4,14-15H2,1-3H3,(H2,22,23,26)/t16-/m1/s1. The van der Waals surface area contributed by atoms with Crippen molar-refractivity contribution in [2.75, 3.05) is 32.6 Å². The number of carbonyl (C=O) groups is 2. The number of anilines is 1. The molecule has 0 heterocycles. The number of ether oxygens (including phenoxy) is 1. The molecule has 0 spiro atoms. The number of rotatable bonds is 8. The summed E-state index contributed by atoms with van der Waals surface area (Å²) in [4.78, 5) is 25.1. The van der Waals surface area contributed by atoms with Gasteiger partial charge in [-0.15, -0.1) is 0 Å². The van der Waals surface area contributed by atoms with E-state index >= 15 is 0 Å². The minimum absolute atomic E-state index is 0.0157. The third-order valence-electron chi connectivity index (χ3n) is 4.25. The van der Waals surface area contributed by atoms with Crippen LogP contribution >= 0.6 is 0 Å². The molecular weight excluding hydrogens is 342 g/mol. The minimum Gasteiger partial charge on any atom is -0.484 e. The van der Waals surface area contributed by atoms with Crippen LogP contribution in [0.3, 0.4) is 0 Å². The molecule has 0 aliphatic heterocycles. The number of benzene rings is 2. The molecule has 2 rings (SSSR count). The summed E-state index contributed by atoms with van der Waals surface area (Å²) in [5, 5.41) is 5.72.